The summed E-state index contributed by atoms with van der Waals surface area (Å²) in [5.74, 6) is -0.895. The number of amides is 1. The van der Waals surface area contributed by atoms with Crippen LogP contribution in [0.15, 0.2) is 72.8 Å². The minimum atomic E-state index is -0.861. The normalized spacial score (nSPS) is 10.2. The lowest BCUT2D eigenvalue weighted by Gasteiger charge is -2.09. The van der Waals surface area contributed by atoms with E-state index in [1.807, 2.05) is 30.3 Å². The highest BCUT2D eigenvalue weighted by atomic mass is 19.1. The number of ether oxygens (including phenoxy) is 2. The lowest BCUT2D eigenvalue weighted by molar-refractivity contribution is -0.118. The first-order valence-corrected chi connectivity index (χ1v) is 7.81. The van der Waals surface area contributed by atoms with Crippen molar-refractivity contribution in [3.05, 3.63) is 84.4 Å². The topological polar surface area (TPSA) is 47.6 Å². The minimum Gasteiger partial charge on any atom is -0.481 e. The number of carbonyl (C=O) groups excluding carboxylic acids is 1. The van der Waals surface area contributed by atoms with Gasteiger partial charge in [0.2, 0.25) is 0 Å². The van der Waals surface area contributed by atoms with E-state index in [9.17, 15) is 13.6 Å². The van der Waals surface area contributed by atoms with E-state index in [0.717, 1.165) is 12.1 Å². The lowest BCUT2D eigenvalue weighted by Crippen LogP contribution is -2.20. The first-order chi connectivity index (χ1) is 12.6. The molecule has 0 saturated carbocycles. The summed E-state index contributed by atoms with van der Waals surface area (Å²) in [5, 5.41) is 2.62. The Balaban J connectivity index is 1.52. The second-order valence-electron chi connectivity index (χ2n) is 5.35. The molecular formula is C20H15F2NO3. The summed E-state index contributed by atoms with van der Waals surface area (Å²) in [6.07, 6.45) is 0. The molecule has 0 radical (unpaired) electrons. The molecule has 3 aromatic rings. The van der Waals surface area contributed by atoms with Gasteiger partial charge in [-0.3, -0.25) is 4.79 Å². The average molecular weight is 355 g/mol. The van der Waals surface area contributed by atoms with Crippen LogP contribution in [-0.2, 0) is 4.79 Å². The Kier molecular flexibility index (Phi) is 5.43. The number of benzene rings is 3. The fourth-order valence-corrected chi connectivity index (χ4v) is 2.16. The zero-order valence-corrected chi connectivity index (χ0v) is 13.6. The maximum Gasteiger partial charge on any atom is 0.262 e. The highest BCUT2D eigenvalue weighted by Gasteiger charge is 2.08. The molecule has 1 N–H and O–H groups in total. The lowest BCUT2D eigenvalue weighted by atomic mass is 10.3. The summed E-state index contributed by atoms with van der Waals surface area (Å²) in [7, 11) is 0. The zero-order chi connectivity index (χ0) is 18.4. The second kappa shape index (κ2) is 8.11. The van der Waals surface area contributed by atoms with Gasteiger partial charge in [-0.15, -0.1) is 0 Å². The average Bonchev–Trinajstić information content (AvgIpc) is 2.63. The Morgan fingerprint density at radius 1 is 0.885 bits per heavy atom. The third-order valence-electron chi connectivity index (χ3n) is 3.37. The molecule has 0 aliphatic carbocycles. The Bertz CT molecular complexity index is 883. The second-order valence-corrected chi connectivity index (χ2v) is 5.35. The number of hydrogen-bond acceptors (Lipinski definition) is 3. The fourth-order valence-electron chi connectivity index (χ4n) is 2.16. The first kappa shape index (κ1) is 17.4. The van der Waals surface area contributed by atoms with Gasteiger partial charge in [0.25, 0.3) is 5.91 Å². The van der Waals surface area contributed by atoms with Crippen molar-refractivity contribution in [2.45, 2.75) is 0 Å². The van der Waals surface area contributed by atoms with E-state index < -0.39 is 24.1 Å². The summed E-state index contributed by atoms with van der Waals surface area (Å²) in [5.41, 5.74) is 0.540. The van der Waals surface area contributed by atoms with Crippen LogP contribution in [0.3, 0.4) is 0 Å². The Morgan fingerprint density at radius 2 is 1.58 bits per heavy atom. The summed E-state index contributed by atoms with van der Waals surface area (Å²) in [6.45, 7) is -0.398. The molecule has 1 amide bonds. The fraction of sp³-hybridized carbons (Fsp3) is 0.0500. The SMILES string of the molecule is O=C(COc1ccc(F)cc1F)Nc1ccc(Oc2ccccc2)cc1. The van der Waals surface area contributed by atoms with Gasteiger partial charge in [0, 0.05) is 11.8 Å². The van der Waals surface area contributed by atoms with Crippen molar-refractivity contribution in [3.8, 4) is 17.2 Å². The van der Waals surface area contributed by atoms with Gasteiger partial charge in [0.15, 0.2) is 18.2 Å². The van der Waals surface area contributed by atoms with E-state index in [4.69, 9.17) is 9.47 Å². The van der Waals surface area contributed by atoms with Gasteiger partial charge in [0.1, 0.15) is 17.3 Å². The van der Waals surface area contributed by atoms with Gasteiger partial charge in [-0.05, 0) is 48.5 Å². The van der Waals surface area contributed by atoms with Crippen LogP contribution in [0.2, 0.25) is 0 Å². The molecule has 3 aromatic carbocycles. The summed E-state index contributed by atoms with van der Waals surface area (Å²) in [6, 6.07) is 19.0. The predicted molar refractivity (Wildman–Crippen MR) is 93.4 cm³/mol. The molecule has 0 atom stereocenters. The molecular weight excluding hydrogens is 340 g/mol. The van der Waals surface area contributed by atoms with Gasteiger partial charge in [-0.25, -0.2) is 8.78 Å². The van der Waals surface area contributed by atoms with Gasteiger partial charge in [-0.1, -0.05) is 18.2 Å². The third kappa shape index (κ3) is 4.80. The van der Waals surface area contributed by atoms with Crippen molar-refractivity contribution < 1.29 is 23.0 Å². The van der Waals surface area contributed by atoms with E-state index in [-0.39, 0.29) is 5.75 Å². The van der Waals surface area contributed by atoms with Crippen LogP contribution in [0.5, 0.6) is 17.2 Å². The highest BCUT2D eigenvalue weighted by Crippen LogP contribution is 2.22. The molecule has 0 heterocycles. The maximum absolute atomic E-state index is 13.4. The van der Waals surface area contributed by atoms with Crippen LogP contribution < -0.4 is 14.8 Å². The number of halogens is 2. The van der Waals surface area contributed by atoms with Crippen LogP contribution in [0.25, 0.3) is 0 Å². The number of carbonyl (C=O) groups is 1. The van der Waals surface area contributed by atoms with E-state index in [1.54, 1.807) is 24.3 Å². The Labute approximate surface area is 149 Å². The Hall–Kier alpha value is -3.41. The molecule has 0 fully saturated rings. The predicted octanol–water partition coefficient (Wildman–Crippen LogP) is 4.77. The highest BCUT2D eigenvalue weighted by molar-refractivity contribution is 5.91. The third-order valence-corrected chi connectivity index (χ3v) is 3.37. The summed E-state index contributed by atoms with van der Waals surface area (Å²) >= 11 is 0. The van der Waals surface area contributed by atoms with Gasteiger partial charge in [-0.2, -0.15) is 0 Å². The van der Waals surface area contributed by atoms with Crippen molar-refractivity contribution >= 4 is 11.6 Å². The van der Waals surface area contributed by atoms with E-state index in [1.165, 1.54) is 0 Å². The van der Waals surface area contributed by atoms with Crippen molar-refractivity contribution in [3.63, 3.8) is 0 Å². The van der Waals surface area contributed by atoms with Gasteiger partial charge < -0.3 is 14.8 Å². The summed E-state index contributed by atoms with van der Waals surface area (Å²) < 4.78 is 37.0. The zero-order valence-electron chi connectivity index (χ0n) is 13.6. The van der Waals surface area contributed by atoms with Gasteiger partial charge >= 0.3 is 0 Å². The minimum absolute atomic E-state index is 0.187. The van der Waals surface area contributed by atoms with E-state index >= 15 is 0 Å². The molecule has 3 rings (SSSR count). The van der Waals surface area contributed by atoms with Crippen LogP contribution in [-0.4, -0.2) is 12.5 Å². The van der Waals surface area contributed by atoms with Crippen LogP contribution in [0, 0.1) is 11.6 Å². The Morgan fingerprint density at radius 3 is 2.27 bits per heavy atom. The van der Waals surface area contributed by atoms with E-state index in [2.05, 4.69) is 5.32 Å². The molecule has 0 aliphatic rings. The molecule has 26 heavy (non-hydrogen) atoms. The largest absolute Gasteiger partial charge is 0.481 e. The number of para-hydroxylation sites is 1. The van der Waals surface area contributed by atoms with Crippen LogP contribution in [0.1, 0.15) is 0 Å². The number of anilines is 1. The van der Waals surface area contributed by atoms with Crippen molar-refractivity contribution in [1.82, 2.24) is 0 Å². The smallest absolute Gasteiger partial charge is 0.262 e. The molecule has 6 heteroatoms. The quantitative estimate of drug-likeness (QED) is 0.693. The monoisotopic (exact) mass is 355 g/mol. The van der Waals surface area contributed by atoms with E-state index in [0.29, 0.717) is 23.3 Å². The molecule has 4 nitrogen and oxygen atoms in total. The molecule has 0 saturated heterocycles. The van der Waals surface area contributed by atoms with Crippen molar-refractivity contribution in [1.29, 1.82) is 0 Å². The molecule has 0 unspecified atom stereocenters. The number of nitrogens with one attached hydrogen (secondary N) is 1. The number of hydrogen-bond donors (Lipinski definition) is 1. The molecule has 0 aromatic heterocycles. The molecule has 0 spiro atoms. The van der Waals surface area contributed by atoms with Gasteiger partial charge in [0.05, 0.1) is 0 Å². The molecule has 0 aliphatic heterocycles. The van der Waals surface area contributed by atoms with Crippen molar-refractivity contribution in [2.24, 2.45) is 0 Å². The summed E-state index contributed by atoms with van der Waals surface area (Å²) in [4.78, 5) is 11.9. The first-order valence-electron chi connectivity index (χ1n) is 7.81. The number of rotatable bonds is 6. The molecule has 0 bridgehead atoms. The maximum atomic E-state index is 13.4. The molecule has 132 valence electrons. The standard InChI is InChI=1S/C20H15F2NO3/c21-14-6-11-19(18(22)12-14)25-13-20(24)23-15-7-9-17(10-8-15)26-16-4-2-1-3-5-16/h1-12H,13H2,(H,23,24). The van der Waals surface area contributed by atoms with Crippen LogP contribution >= 0.6 is 0 Å². The van der Waals surface area contributed by atoms with Crippen molar-refractivity contribution in [2.75, 3.05) is 11.9 Å². The van der Waals surface area contributed by atoms with Crippen LogP contribution in [0.4, 0.5) is 14.5 Å².